The SMILES string of the molecule is Cc1ccc2c(c1)CCCN2c1nc(Br)cs1. The number of aryl methyl sites for hydroxylation is 2. The maximum absolute atomic E-state index is 4.52. The van der Waals surface area contributed by atoms with E-state index in [9.17, 15) is 0 Å². The molecular weight excluding hydrogens is 296 g/mol. The van der Waals surface area contributed by atoms with Crippen LogP contribution in [0.25, 0.3) is 0 Å². The van der Waals surface area contributed by atoms with Crippen molar-refractivity contribution in [1.82, 2.24) is 4.98 Å². The summed E-state index contributed by atoms with van der Waals surface area (Å²) in [5, 5.41) is 3.12. The van der Waals surface area contributed by atoms with Crippen LogP contribution in [0.5, 0.6) is 0 Å². The standard InChI is InChI=1S/C13H13BrN2S/c1-9-4-5-11-10(7-9)3-2-6-16(11)13-15-12(14)8-17-13/h4-5,7-8H,2-3,6H2,1H3. The Morgan fingerprint density at radius 3 is 3.06 bits per heavy atom. The molecule has 1 aromatic heterocycles. The second kappa shape index (κ2) is 4.42. The average Bonchev–Trinajstić information content (AvgIpc) is 2.74. The fraction of sp³-hybridized carbons (Fsp3) is 0.308. The van der Waals surface area contributed by atoms with Crippen molar-refractivity contribution < 1.29 is 0 Å². The Morgan fingerprint density at radius 1 is 1.41 bits per heavy atom. The van der Waals surface area contributed by atoms with E-state index < -0.39 is 0 Å². The van der Waals surface area contributed by atoms with E-state index in [4.69, 9.17) is 0 Å². The van der Waals surface area contributed by atoms with Crippen LogP contribution in [0, 0.1) is 6.92 Å². The summed E-state index contributed by atoms with van der Waals surface area (Å²) in [6.45, 7) is 3.22. The van der Waals surface area contributed by atoms with Crippen LogP contribution < -0.4 is 4.90 Å². The van der Waals surface area contributed by atoms with Gasteiger partial charge in [0, 0.05) is 17.6 Å². The van der Waals surface area contributed by atoms with Gasteiger partial charge >= 0.3 is 0 Å². The third-order valence-corrected chi connectivity index (χ3v) is 4.62. The first-order valence-corrected chi connectivity index (χ1v) is 7.39. The lowest BCUT2D eigenvalue weighted by Gasteiger charge is -2.29. The minimum Gasteiger partial charge on any atom is -0.318 e. The topological polar surface area (TPSA) is 16.1 Å². The van der Waals surface area contributed by atoms with Crippen molar-refractivity contribution in [2.24, 2.45) is 0 Å². The fourth-order valence-corrected chi connectivity index (χ4v) is 3.58. The van der Waals surface area contributed by atoms with E-state index in [2.05, 4.69) is 50.9 Å². The minimum absolute atomic E-state index is 0.928. The van der Waals surface area contributed by atoms with Gasteiger partial charge in [-0.2, -0.15) is 0 Å². The van der Waals surface area contributed by atoms with Crippen molar-refractivity contribution in [1.29, 1.82) is 0 Å². The number of thiazole rings is 1. The molecule has 2 nitrogen and oxygen atoms in total. The van der Waals surface area contributed by atoms with E-state index in [0.29, 0.717) is 0 Å². The molecule has 1 aliphatic rings. The smallest absolute Gasteiger partial charge is 0.190 e. The van der Waals surface area contributed by atoms with Gasteiger partial charge in [0.15, 0.2) is 5.13 Å². The van der Waals surface area contributed by atoms with Gasteiger partial charge in [-0.1, -0.05) is 17.7 Å². The van der Waals surface area contributed by atoms with Crippen LogP contribution in [0.4, 0.5) is 10.8 Å². The highest BCUT2D eigenvalue weighted by molar-refractivity contribution is 9.10. The largest absolute Gasteiger partial charge is 0.318 e. The molecule has 0 spiro atoms. The normalized spacial score (nSPS) is 14.8. The van der Waals surface area contributed by atoms with Crippen molar-refractivity contribution >= 4 is 38.1 Å². The van der Waals surface area contributed by atoms with E-state index in [-0.39, 0.29) is 0 Å². The molecule has 0 saturated heterocycles. The minimum atomic E-state index is 0.928. The van der Waals surface area contributed by atoms with E-state index in [1.165, 1.54) is 29.7 Å². The summed E-state index contributed by atoms with van der Waals surface area (Å²) in [6.07, 6.45) is 2.38. The predicted octanol–water partition coefficient (Wildman–Crippen LogP) is 4.30. The molecule has 1 aromatic carbocycles. The lowest BCUT2D eigenvalue weighted by atomic mass is 10.0. The van der Waals surface area contributed by atoms with Crippen molar-refractivity contribution in [3.8, 4) is 0 Å². The summed E-state index contributed by atoms with van der Waals surface area (Å²) in [6, 6.07) is 6.70. The highest BCUT2D eigenvalue weighted by Gasteiger charge is 2.20. The lowest BCUT2D eigenvalue weighted by molar-refractivity contribution is 0.763. The summed E-state index contributed by atoms with van der Waals surface area (Å²) >= 11 is 5.11. The molecule has 0 N–H and O–H groups in total. The Bertz CT molecular complexity index is 550. The van der Waals surface area contributed by atoms with Crippen LogP contribution in [-0.2, 0) is 6.42 Å². The first-order valence-electron chi connectivity index (χ1n) is 5.72. The summed E-state index contributed by atoms with van der Waals surface area (Å²) in [5.41, 5.74) is 4.11. The van der Waals surface area contributed by atoms with E-state index in [1.807, 2.05) is 5.38 Å². The number of aromatic nitrogens is 1. The Labute approximate surface area is 113 Å². The van der Waals surface area contributed by atoms with Crippen LogP contribution in [0.1, 0.15) is 17.5 Å². The number of hydrogen-bond donors (Lipinski definition) is 0. The zero-order valence-electron chi connectivity index (χ0n) is 9.61. The number of rotatable bonds is 1. The van der Waals surface area contributed by atoms with Crippen LogP contribution >= 0.6 is 27.3 Å². The van der Waals surface area contributed by atoms with E-state index >= 15 is 0 Å². The third-order valence-electron chi connectivity index (χ3n) is 3.05. The van der Waals surface area contributed by atoms with Gasteiger partial charge in [0.05, 0.1) is 0 Å². The maximum atomic E-state index is 4.52. The summed E-state index contributed by atoms with van der Waals surface area (Å²) in [7, 11) is 0. The van der Waals surface area contributed by atoms with Gasteiger partial charge in [0.25, 0.3) is 0 Å². The molecule has 0 fully saturated rings. The number of nitrogens with zero attached hydrogens (tertiary/aromatic N) is 2. The lowest BCUT2D eigenvalue weighted by Crippen LogP contribution is -2.24. The van der Waals surface area contributed by atoms with Gasteiger partial charge in [-0.25, -0.2) is 4.98 Å². The molecule has 0 atom stereocenters. The Hall–Kier alpha value is -0.870. The molecule has 2 heterocycles. The van der Waals surface area contributed by atoms with Crippen LogP contribution in [0.2, 0.25) is 0 Å². The number of halogens is 1. The first kappa shape index (κ1) is 11.2. The molecule has 0 aliphatic carbocycles. The molecule has 88 valence electrons. The van der Waals surface area contributed by atoms with Gasteiger partial charge in [-0.15, -0.1) is 11.3 Å². The fourth-order valence-electron chi connectivity index (χ4n) is 2.29. The van der Waals surface area contributed by atoms with Crippen LogP contribution in [0.15, 0.2) is 28.2 Å². The third kappa shape index (κ3) is 2.11. The maximum Gasteiger partial charge on any atom is 0.190 e. The predicted molar refractivity (Wildman–Crippen MR) is 76.3 cm³/mol. The zero-order chi connectivity index (χ0) is 11.8. The molecule has 0 bridgehead atoms. The Morgan fingerprint density at radius 2 is 2.29 bits per heavy atom. The molecular formula is C13H13BrN2S. The van der Waals surface area contributed by atoms with Crippen molar-refractivity contribution in [3.05, 3.63) is 39.3 Å². The molecule has 1 aliphatic heterocycles. The van der Waals surface area contributed by atoms with E-state index in [1.54, 1.807) is 11.3 Å². The van der Waals surface area contributed by atoms with Crippen LogP contribution in [-0.4, -0.2) is 11.5 Å². The molecule has 3 rings (SSSR count). The van der Waals surface area contributed by atoms with Gasteiger partial charge in [-0.3, -0.25) is 0 Å². The van der Waals surface area contributed by atoms with Gasteiger partial charge < -0.3 is 4.90 Å². The zero-order valence-corrected chi connectivity index (χ0v) is 12.0. The number of anilines is 2. The number of benzene rings is 1. The molecule has 0 saturated carbocycles. The molecule has 0 unspecified atom stereocenters. The summed E-state index contributed by atoms with van der Waals surface area (Å²) < 4.78 is 0.928. The van der Waals surface area contributed by atoms with Gasteiger partial charge in [0.2, 0.25) is 0 Å². The Kier molecular flexibility index (Phi) is 2.92. The molecule has 0 amide bonds. The molecule has 17 heavy (non-hydrogen) atoms. The highest BCUT2D eigenvalue weighted by atomic mass is 79.9. The van der Waals surface area contributed by atoms with Gasteiger partial charge in [0.1, 0.15) is 4.60 Å². The average molecular weight is 309 g/mol. The molecule has 0 radical (unpaired) electrons. The number of fused-ring (bicyclic) bond motifs is 1. The monoisotopic (exact) mass is 308 g/mol. The first-order chi connectivity index (χ1) is 8.24. The molecule has 4 heteroatoms. The van der Waals surface area contributed by atoms with Gasteiger partial charge in [-0.05, 0) is 47.3 Å². The van der Waals surface area contributed by atoms with Crippen LogP contribution in [0.3, 0.4) is 0 Å². The number of hydrogen-bond acceptors (Lipinski definition) is 3. The quantitative estimate of drug-likeness (QED) is 0.781. The highest BCUT2D eigenvalue weighted by Crippen LogP contribution is 2.36. The summed E-state index contributed by atoms with van der Waals surface area (Å²) in [4.78, 5) is 6.84. The second-order valence-electron chi connectivity index (χ2n) is 4.34. The van der Waals surface area contributed by atoms with Crippen molar-refractivity contribution in [2.75, 3.05) is 11.4 Å². The second-order valence-corrected chi connectivity index (χ2v) is 5.99. The Balaban J connectivity index is 2.05. The van der Waals surface area contributed by atoms with Crippen molar-refractivity contribution in [3.63, 3.8) is 0 Å². The summed E-state index contributed by atoms with van der Waals surface area (Å²) in [5.74, 6) is 0. The van der Waals surface area contributed by atoms with Crippen molar-refractivity contribution in [2.45, 2.75) is 19.8 Å². The molecule has 2 aromatic rings. The van der Waals surface area contributed by atoms with E-state index in [0.717, 1.165) is 16.3 Å².